The van der Waals surface area contributed by atoms with Crippen molar-refractivity contribution < 1.29 is 9.47 Å². The monoisotopic (exact) mass is 227 g/mol. The Hall–Kier alpha value is -0.120. The summed E-state index contributed by atoms with van der Waals surface area (Å²) >= 11 is 0. The number of hydrogen-bond donors (Lipinski definition) is 1. The van der Waals surface area contributed by atoms with Crippen LogP contribution >= 0.6 is 0 Å². The molecule has 0 radical (unpaired) electrons. The number of piperidine rings is 1. The lowest BCUT2D eigenvalue weighted by molar-refractivity contribution is -0.107. The van der Waals surface area contributed by atoms with Gasteiger partial charge in [-0.25, -0.2) is 0 Å². The third kappa shape index (κ3) is 3.72. The molecule has 3 atom stereocenters. The Labute approximate surface area is 98.9 Å². The first-order valence-corrected chi connectivity index (χ1v) is 6.72. The molecule has 2 heterocycles. The maximum Gasteiger partial charge on any atom is 0.0624 e. The largest absolute Gasteiger partial charge is 0.378 e. The second-order valence-electron chi connectivity index (χ2n) is 5.40. The number of ether oxygens (including phenoxy) is 2. The van der Waals surface area contributed by atoms with Crippen molar-refractivity contribution in [3.05, 3.63) is 0 Å². The molecule has 0 bridgehead atoms. The second-order valence-corrected chi connectivity index (χ2v) is 5.40. The minimum absolute atomic E-state index is 0.359. The summed E-state index contributed by atoms with van der Waals surface area (Å²) in [5, 5.41) is 3.44. The molecule has 1 N–H and O–H groups in total. The molecule has 0 spiro atoms. The summed E-state index contributed by atoms with van der Waals surface area (Å²) in [6.07, 6.45) is 5.88. The van der Waals surface area contributed by atoms with Crippen LogP contribution in [-0.4, -0.2) is 38.0 Å². The SMILES string of the molecule is CC1CC(OCC2CCCNC2)CC(C)O1. The quantitative estimate of drug-likeness (QED) is 0.799. The summed E-state index contributed by atoms with van der Waals surface area (Å²) in [7, 11) is 0. The van der Waals surface area contributed by atoms with E-state index in [2.05, 4.69) is 19.2 Å². The molecule has 3 heteroatoms. The molecule has 0 amide bonds. The van der Waals surface area contributed by atoms with E-state index in [1.54, 1.807) is 0 Å². The van der Waals surface area contributed by atoms with Gasteiger partial charge in [-0.2, -0.15) is 0 Å². The van der Waals surface area contributed by atoms with Crippen LogP contribution in [0.3, 0.4) is 0 Å². The van der Waals surface area contributed by atoms with Crippen molar-refractivity contribution in [1.29, 1.82) is 0 Å². The zero-order valence-electron chi connectivity index (χ0n) is 10.6. The number of nitrogens with one attached hydrogen (secondary N) is 1. The first kappa shape index (κ1) is 12.3. The molecule has 2 fully saturated rings. The molecule has 0 aromatic rings. The van der Waals surface area contributed by atoms with E-state index in [1.165, 1.54) is 19.4 Å². The van der Waals surface area contributed by atoms with Gasteiger partial charge in [-0.05, 0) is 52.0 Å². The lowest BCUT2D eigenvalue weighted by atomic mass is 9.99. The molecule has 16 heavy (non-hydrogen) atoms. The van der Waals surface area contributed by atoms with Crippen LogP contribution in [0.15, 0.2) is 0 Å². The van der Waals surface area contributed by atoms with Crippen molar-refractivity contribution >= 4 is 0 Å². The maximum absolute atomic E-state index is 6.04. The molecule has 2 saturated heterocycles. The third-order valence-electron chi connectivity index (χ3n) is 3.62. The van der Waals surface area contributed by atoms with Crippen LogP contribution in [0, 0.1) is 5.92 Å². The second kappa shape index (κ2) is 5.99. The Morgan fingerprint density at radius 2 is 2.00 bits per heavy atom. The number of hydrogen-bond acceptors (Lipinski definition) is 3. The molecule has 0 aromatic heterocycles. The van der Waals surface area contributed by atoms with Crippen LogP contribution < -0.4 is 5.32 Å². The van der Waals surface area contributed by atoms with E-state index in [9.17, 15) is 0 Å². The zero-order chi connectivity index (χ0) is 11.4. The molecule has 2 aliphatic heterocycles. The minimum Gasteiger partial charge on any atom is -0.378 e. The molecule has 0 saturated carbocycles. The van der Waals surface area contributed by atoms with E-state index in [0.29, 0.717) is 18.3 Å². The Balaban J connectivity index is 1.68. The Kier molecular flexibility index (Phi) is 4.62. The van der Waals surface area contributed by atoms with Crippen LogP contribution in [0.2, 0.25) is 0 Å². The maximum atomic E-state index is 6.04. The van der Waals surface area contributed by atoms with Gasteiger partial charge in [0, 0.05) is 6.54 Å². The molecule has 3 unspecified atom stereocenters. The highest BCUT2D eigenvalue weighted by Gasteiger charge is 2.25. The molecule has 94 valence electrons. The molecule has 3 nitrogen and oxygen atoms in total. The van der Waals surface area contributed by atoms with Crippen LogP contribution in [-0.2, 0) is 9.47 Å². The van der Waals surface area contributed by atoms with Gasteiger partial charge >= 0.3 is 0 Å². The van der Waals surface area contributed by atoms with Gasteiger partial charge in [-0.15, -0.1) is 0 Å². The first-order valence-electron chi connectivity index (χ1n) is 6.72. The molecular formula is C13H25NO2. The van der Waals surface area contributed by atoms with Gasteiger partial charge < -0.3 is 14.8 Å². The third-order valence-corrected chi connectivity index (χ3v) is 3.62. The van der Waals surface area contributed by atoms with Crippen molar-refractivity contribution in [2.24, 2.45) is 5.92 Å². The van der Waals surface area contributed by atoms with Crippen molar-refractivity contribution in [1.82, 2.24) is 5.32 Å². The molecule has 0 aliphatic carbocycles. The molecule has 2 aliphatic rings. The van der Waals surface area contributed by atoms with Crippen molar-refractivity contribution in [2.75, 3.05) is 19.7 Å². The average Bonchev–Trinajstić information content (AvgIpc) is 2.27. The molecule has 0 aromatic carbocycles. The topological polar surface area (TPSA) is 30.5 Å². The van der Waals surface area contributed by atoms with Gasteiger partial charge in [0.15, 0.2) is 0 Å². The predicted octanol–water partition coefficient (Wildman–Crippen LogP) is 1.96. The van der Waals surface area contributed by atoms with E-state index in [-0.39, 0.29) is 0 Å². The van der Waals surface area contributed by atoms with Gasteiger partial charge in [-0.1, -0.05) is 0 Å². The standard InChI is InChI=1S/C13H25NO2/c1-10-6-13(7-11(2)16-10)15-9-12-4-3-5-14-8-12/h10-14H,3-9H2,1-2H3. The summed E-state index contributed by atoms with van der Waals surface area (Å²) < 4.78 is 11.8. The fourth-order valence-corrected chi connectivity index (χ4v) is 2.82. The highest BCUT2D eigenvalue weighted by molar-refractivity contribution is 4.75. The van der Waals surface area contributed by atoms with Gasteiger partial charge in [0.1, 0.15) is 0 Å². The average molecular weight is 227 g/mol. The van der Waals surface area contributed by atoms with Gasteiger partial charge in [0.05, 0.1) is 24.9 Å². The lowest BCUT2D eigenvalue weighted by Gasteiger charge is -2.33. The zero-order valence-corrected chi connectivity index (χ0v) is 10.6. The fraction of sp³-hybridized carbons (Fsp3) is 1.00. The molecular weight excluding hydrogens is 202 g/mol. The van der Waals surface area contributed by atoms with Crippen molar-refractivity contribution in [2.45, 2.75) is 57.8 Å². The molecule has 2 rings (SSSR count). The summed E-state index contributed by atoms with van der Waals surface area (Å²) in [4.78, 5) is 0. The lowest BCUT2D eigenvalue weighted by Crippen LogP contribution is -2.37. The Morgan fingerprint density at radius 1 is 1.25 bits per heavy atom. The van der Waals surface area contributed by atoms with E-state index >= 15 is 0 Å². The van der Waals surface area contributed by atoms with Crippen LogP contribution in [0.5, 0.6) is 0 Å². The van der Waals surface area contributed by atoms with Crippen molar-refractivity contribution in [3.8, 4) is 0 Å². The normalized spacial score (nSPS) is 40.9. The van der Waals surface area contributed by atoms with Crippen LogP contribution in [0.1, 0.15) is 39.5 Å². The smallest absolute Gasteiger partial charge is 0.0624 e. The van der Waals surface area contributed by atoms with Gasteiger partial charge in [0.2, 0.25) is 0 Å². The fourth-order valence-electron chi connectivity index (χ4n) is 2.82. The Morgan fingerprint density at radius 3 is 2.62 bits per heavy atom. The van der Waals surface area contributed by atoms with E-state index < -0.39 is 0 Å². The van der Waals surface area contributed by atoms with E-state index in [4.69, 9.17) is 9.47 Å². The number of rotatable bonds is 3. The summed E-state index contributed by atoms with van der Waals surface area (Å²) in [6.45, 7) is 7.54. The van der Waals surface area contributed by atoms with E-state index in [0.717, 1.165) is 31.9 Å². The summed E-state index contributed by atoms with van der Waals surface area (Å²) in [5.74, 6) is 0.724. The van der Waals surface area contributed by atoms with Gasteiger partial charge in [0.25, 0.3) is 0 Å². The van der Waals surface area contributed by atoms with Crippen LogP contribution in [0.25, 0.3) is 0 Å². The van der Waals surface area contributed by atoms with Crippen molar-refractivity contribution in [3.63, 3.8) is 0 Å². The van der Waals surface area contributed by atoms with Crippen LogP contribution in [0.4, 0.5) is 0 Å². The first-order chi connectivity index (χ1) is 7.74. The summed E-state index contributed by atoms with van der Waals surface area (Å²) in [5.41, 5.74) is 0. The highest BCUT2D eigenvalue weighted by Crippen LogP contribution is 2.22. The highest BCUT2D eigenvalue weighted by atomic mass is 16.5. The summed E-state index contributed by atoms with van der Waals surface area (Å²) in [6, 6.07) is 0. The minimum atomic E-state index is 0.359. The van der Waals surface area contributed by atoms with Gasteiger partial charge in [-0.3, -0.25) is 0 Å². The predicted molar refractivity (Wildman–Crippen MR) is 64.6 cm³/mol. The Bertz CT molecular complexity index is 194. The van der Waals surface area contributed by atoms with E-state index in [1.807, 2.05) is 0 Å².